The summed E-state index contributed by atoms with van der Waals surface area (Å²) in [6.45, 7) is 11.0. The van der Waals surface area contributed by atoms with Crippen LogP contribution in [0, 0.1) is 5.41 Å². The second-order valence-electron chi connectivity index (χ2n) is 4.85. The molecule has 1 N–H and O–H groups in total. The number of hydrogen-bond donors (Lipinski definition) is 1. The van der Waals surface area contributed by atoms with Crippen LogP contribution in [0.15, 0.2) is 0 Å². The molecule has 0 radical (unpaired) electrons. The fraction of sp³-hybridized carbons (Fsp3) is 1.00. The average molecular weight is 187 g/mol. The molecule has 78 valence electrons. The van der Waals surface area contributed by atoms with E-state index in [4.69, 9.17) is 9.47 Å². The fourth-order valence-corrected chi connectivity index (χ4v) is 1.23. The number of rotatable bonds is 2. The Hall–Kier alpha value is -0.120. The van der Waals surface area contributed by atoms with Crippen molar-refractivity contribution in [2.24, 2.45) is 5.41 Å². The molecule has 1 rings (SSSR count). The molecule has 1 aliphatic rings. The Labute approximate surface area is 80.8 Å². The van der Waals surface area contributed by atoms with Crippen molar-refractivity contribution in [2.75, 3.05) is 19.8 Å². The molecule has 0 saturated carbocycles. The number of hydrogen-bond acceptors (Lipinski definition) is 3. The van der Waals surface area contributed by atoms with Crippen LogP contribution in [0.3, 0.4) is 0 Å². The predicted molar refractivity (Wildman–Crippen MR) is 52.6 cm³/mol. The lowest BCUT2D eigenvalue weighted by atomic mass is 9.99. The molecule has 0 spiro atoms. The van der Waals surface area contributed by atoms with E-state index < -0.39 is 0 Å². The third kappa shape index (κ3) is 4.07. The molecule has 0 aromatic rings. The molecule has 0 bridgehead atoms. The van der Waals surface area contributed by atoms with Crippen LogP contribution < -0.4 is 5.32 Å². The zero-order chi connectivity index (χ0) is 9.90. The summed E-state index contributed by atoms with van der Waals surface area (Å²) in [5.74, 6) is 0. The second-order valence-corrected chi connectivity index (χ2v) is 4.85. The number of ether oxygens (including phenoxy) is 2. The van der Waals surface area contributed by atoms with Crippen molar-refractivity contribution in [2.45, 2.75) is 40.0 Å². The molecule has 3 heteroatoms. The van der Waals surface area contributed by atoms with Gasteiger partial charge in [0, 0.05) is 6.54 Å². The first kappa shape index (κ1) is 11.0. The SMILES string of the molecule is CC1NCCOC1OCC(C)(C)C. The predicted octanol–water partition coefficient (Wildman–Crippen LogP) is 1.38. The van der Waals surface area contributed by atoms with E-state index in [9.17, 15) is 0 Å². The maximum Gasteiger partial charge on any atom is 0.172 e. The number of morpholine rings is 1. The molecule has 1 heterocycles. The van der Waals surface area contributed by atoms with Crippen molar-refractivity contribution >= 4 is 0 Å². The van der Waals surface area contributed by atoms with Crippen molar-refractivity contribution in [3.63, 3.8) is 0 Å². The minimum absolute atomic E-state index is 0.0759. The van der Waals surface area contributed by atoms with Gasteiger partial charge in [-0.25, -0.2) is 0 Å². The Morgan fingerprint density at radius 3 is 2.69 bits per heavy atom. The van der Waals surface area contributed by atoms with Gasteiger partial charge in [0.25, 0.3) is 0 Å². The van der Waals surface area contributed by atoms with Gasteiger partial charge in [-0.15, -0.1) is 0 Å². The third-order valence-electron chi connectivity index (χ3n) is 1.94. The Morgan fingerprint density at radius 1 is 1.46 bits per heavy atom. The standard InChI is InChI=1S/C10H21NO2/c1-8-9(12-6-5-11-8)13-7-10(2,3)4/h8-9,11H,5-7H2,1-4H3. The third-order valence-corrected chi connectivity index (χ3v) is 1.94. The van der Waals surface area contributed by atoms with Gasteiger partial charge in [0.1, 0.15) is 0 Å². The van der Waals surface area contributed by atoms with Crippen molar-refractivity contribution in [1.82, 2.24) is 5.32 Å². The zero-order valence-corrected chi connectivity index (χ0v) is 9.09. The molecule has 0 aromatic carbocycles. The van der Waals surface area contributed by atoms with Crippen molar-refractivity contribution < 1.29 is 9.47 Å². The van der Waals surface area contributed by atoms with Gasteiger partial charge in [0.05, 0.1) is 19.3 Å². The quantitative estimate of drug-likeness (QED) is 0.708. The van der Waals surface area contributed by atoms with E-state index in [0.717, 1.165) is 19.8 Å². The van der Waals surface area contributed by atoms with E-state index in [-0.39, 0.29) is 11.7 Å². The van der Waals surface area contributed by atoms with E-state index in [0.29, 0.717) is 6.04 Å². The molecule has 0 aliphatic carbocycles. The minimum Gasteiger partial charge on any atom is -0.350 e. The summed E-state index contributed by atoms with van der Waals surface area (Å²) in [5.41, 5.74) is 0.209. The summed E-state index contributed by atoms with van der Waals surface area (Å²) in [5, 5.41) is 3.32. The normalized spacial score (nSPS) is 30.5. The van der Waals surface area contributed by atoms with Gasteiger partial charge in [0.2, 0.25) is 0 Å². The Bertz CT molecular complexity index is 153. The Kier molecular flexibility index (Phi) is 3.71. The van der Waals surface area contributed by atoms with E-state index in [1.807, 2.05) is 0 Å². The molecule has 1 aliphatic heterocycles. The monoisotopic (exact) mass is 187 g/mol. The van der Waals surface area contributed by atoms with E-state index in [1.165, 1.54) is 0 Å². The van der Waals surface area contributed by atoms with Crippen LogP contribution >= 0.6 is 0 Å². The summed E-state index contributed by atoms with van der Waals surface area (Å²) < 4.78 is 11.2. The van der Waals surface area contributed by atoms with Crippen LogP contribution in [-0.4, -0.2) is 32.1 Å². The first-order valence-electron chi connectivity index (χ1n) is 4.96. The largest absolute Gasteiger partial charge is 0.350 e. The molecule has 13 heavy (non-hydrogen) atoms. The maximum absolute atomic E-state index is 5.67. The molecular formula is C10H21NO2. The summed E-state index contributed by atoms with van der Waals surface area (Å²) in [4.78, 5) is 0. The van der Waals surface area contributed by atoms with Crippen molar-refractivity contribution in [3.05, 3.63) is 0 Å². The van der Waals surface area contributed by atoms with Crippen molar-refractivity contribution in [1.29, 1.82) is 0 Å². The van der Waals surface area contributed by atoms with Crippen LogP contribution in [0.25, 0.3) is 0 Å². The Morgan fingerprint density at radius 2 is 2.15 bits per heavy atom. The smallest absolute Gasteiger partial charge is 0.172 e. The van der Waals surface area contributed by atoms with E-state index in [2.05, 4.69) is 33.0 Å². The fourth-order valence-electron chi connectivity index (χ4n) is 1.23. The first-order chi connectivity index (χ1) is 5.99. The average Bonchev–Trinajstić information content (AvgIpc) is 2.01. The lowest BCUT2D eigenvalue weighted by Crippen LogP contribution is -2.48. The molecule has 0 aromatic heterocycles. The lowest BCUT2D eigenvalue weighted by Gasteiger charge is -2.32. The van der Waals surface area contributed by atoms with Crippen LogP contribution in [0.2, 0.25) is 0 Å². The molecule has 2 unspecified atom stereocenters. The first-order valence-corrected chi connectivity index (χ1v) is 4.96. The van der Waals surface area contributed by atoms with Crippen LogP contribution in [0.5, 0.6) is 0 Å². The molecule has 1 fully saturated rings. The highest BCUT2D eigenvalue weighted by Crippen LogP contribution is 2.16. The lowest BCUT2D eigenvalue weighted by molar-refractivity contribution is -0.184. The summed E-state index contributed by atoms with van der Waals surface area (Å²) in [6.07, 6.45) is -0.0759. The summed E-state index contributed by atoms with van der Waals surface area (Å²) >= 11 is 0. The van der Waals surface area contributed by atoms with Crippen molar-refractivity contribution in [3.8, 4) is 0 Å². The molecular weight excluding hydrogens is 166 g/mol. The topological polar surface area (TPSA) is 30.5 Å². The van der Waals surface area contributed by atoms with Crippen LogP contribution in [-0.2, 0) is 9.47 Å². The van der Waals surface area contributed by atoms with Gasteiger partial charge < -0.3 is 14.8 Å². The Balaban J connectivity index is 2.27. The second kappa shape index (κ2) is 4.40. The van der Waals surface area contributed by atoms with Gasteiger partial charge >= 0.3 is 0 Å². The van der Waals surface area contributed by atoms with Crippen LogP contribution in [0.4, 0.5) is 0 Å². The minimum atomic E-state index is -0.0759. The summed E-state index contributed by atoms with van der Waals surface area (Å²) in [7, 11) is 0. The zero-order valence-electron chi connectivity index (χ0n) is 9.09. The van der Waals surface area contributed by atoms with Gasteiger partial charge in [0.15, 0.2) is 6.29 Å². The maximum atomic E-state index is 5.67. The highest BCUT2D eigenvalue weighted by molar-refractivity contribution is 4.71. The highest BCUT2D eigenvalue weighted by Gasteiger charge is 2.23. The van der Waals surface area contributed by atoms with Gasteiger partial charge in [-0.3, -0.25) is 0 Å². The van der Waals surface area contributed by atoms with E-state index in [1.54, 1.807) is 0 Å². The van der Waals surface area contributed by atoms with Gasteiger partial charge in [-0.2, -0.15) is 0 Å². The number of nitrogens with one attached hydrogen (secondary N) is 1. The highest BCUT2D eigenvalue weighted by atomic mass is 16.7. The van der Waals surface area contributed by atoms with E-state index >= 15 is 0 Å². The molecule has 1 saturated heterocycles. The molecule has 2 atom stereocenters. The van der Waals surface area contributed by atoms with Gasteiger partial charge in [-0.05, 0) is 12.3 Å². The van der Waals surface area contributed by atoms with Gasteiger partial charge in [-0.1, -0.05) is 20.8 Å². The molecule has 3 nitrogen and oxygen atoms in total. The summed E-state index contributed by atoms with van der Waals surface area (Å²) in [6, 6.07) is 0.302. The molecule has 0 amide bonds. The van der Waals surface area contributed by atoms with Crippen LogP contribution in [0.1, 0.15) is 27.7 Å².